The average molecular weight is 253 g/mol. The lowest BCUT2D eigenvalue weighted by atomic mass is 9.71. The van der Waals surface area contributed by atoms with Crippen LogP contribution in [-0.2, 0) is 9.59 Å². The van der Waals surface area contributed by atoms with Crippen molar-refractivity contribution < 1.29 is 9.59 Å². The molecule has 2 bridgehead atoms. The van der Waals surface area contributed by atoms with E-state index in [0.29, 0.717) is 5.69 Å². The molecule has 2 amide bonds. The van der Waals surface area contributed by atoms with Gasteiger partial charge in [-0.3, -0.25) is 9.59 Å². The quantitative estimate of drug-likeness (QED) is 0.569. The number of carbonyl (C=O) groups excluding carboxylic acids is 2. The lowest BCUT2D eigenvalue weighted by Gasteiger charge is -2.28. The Labute approximate surface area is 111 Å². The summed E-state index contributed by atoms with van der Waals surface area (Å²) in [4.78, 5) is 26.8. The standard InChI is InChI=1S/C16H15NO2/c1-16-11-8-7-10(9-11)13(16)14(18)17(15(16)19)12-5-3-2-4-6-12/h2-8,10-11,13H,9H2,1H3/t10-,11-,13-,16-/m1/s1. The van der Waals surface area contributed by atoms with Gasteiger partial charge >= 0.3 is 0 Å². The fourth-order valence-electron chi connectivity index (χ4n) is 4.13. The van der Waals surface area contributed by atoms with Crippen molar-refractivity contribution in [1.82, 2.24) is 0 Å². The summed E-state index contributed by atoms with van der Waals surface area (Å²) in [6, 6.07) is 9.27. The minimum atomic E-state index is -0.521. The first-order valence-electron chi connectivity index (χ1n) is 6.76. The zero-order valence-electron chi connectivity index (χ0n) is 10.7. The largest absolute Gasteiger partial charge is 0.274 e. The molecule has 96 valence electrons. The topological polar surface area (TPSA) is 37.4 Å². The molecule has 0 spiro atoms. The Morgan fingerprint density at radius 2 is 1.89 bits per heavy atom. The van der Waals surface area contributed by atoms with Gasteiger partial charge < -0.3 is 0 Å². The number of carbonyl (C=O) groups is 2. The monoisotopic (exact) mass is 253 g/mol. The summed E-state index contributed by atoms with van der Waals surface area (Å²) in [5.74, 6) is 0.282. The first-order chi connectivity index (χ1) is 9.14. The Bertz CT molecular complexity index is 606. The summed E-state index contributed by atoms with van der Waals surface area (Å²) >= 11 is 0. The molecule has 0 radical (unpaired) electrons. The Hall–Kier alpha value is -1.90. The molecule has 1 saturated carbocycles. The van der Waals surface area contributed by atoms with Crippen LogP contribution in [0.25, 0.3) is 0 Å². The molecule has 1 saturated heterocycles. The highest BCUT2D eigenvalue weighted by atomic mass is 16.2. The first-order valence-corrected chi connectivity index (χ1v) is 6.76. The zero-order valence-corrected chi connectivity index (χ0v) is 10.7. The Balaban J connectivity index is 1.83. The van der Waals surface area contributed by atoms with Crippen molar-refractivity contribution in [3.8, 4) is 0 Å². The predicted molar refractivity (Wildman–Crippen MR) is 71.3 cm³/mol. The number of benzene rings is 1. The van der Waals surface area contributed by atoms with Crippen LogP contribution in [0.15, 0.2) is 42.5 Å². The molecule has 3 heteroatoms. The molecule has 0 aromatic heterocycles. The molecule has 1 heterocycles. The van der Waals surface area contributed by atoms with Gasteiger partial charge in [0.05, 0.1) is 17.0 Å². The van der Waals surface area contributed by atoms with Gasteiger partial charge in [0.25, 0.3) is 0 Å². The summed E-state index contributed by atoms with van der Waals surface area (Å²) in [7, 11) is 0. The van der Waals surface area contributed by atoms with Crippen LogP contribution < -0.4 is 4.90 Å². The molecule has 1 aromatic rings. The summed E-state index contributed by atoms with van der Waals surface area (Å²) < 4.78 is 0. The normalized spacial score (nSPS) is 39.2. The van der Waals surface area contributed by atoms with Crippen molar-refractivity contribution in [3.05, 3.63) is 42.5 Å². The molecule has 2 fully saturated rings. The second-order valence-corrected chi connectivity index (χ2v) is 5.97. The maximum absolute atomic E-state index is 12.8. The van der Waals surface area contributed by atoms with E-state index >= 15 is 0 Å². The van der Waals surface area contributed by atoms with Crippen molar-refractivity contribution >= 4 is 17.5 Å². The number of rotatable bonds is 1. The number of hydrogen-bond donors (Lipinski definition) is 0. The third-order valence-corrected chi connectivity index (χ3v) is 5.13. The van der Waals surface area contributed by atoms with Gasteiger partial charge in [0.15, 0.2) is 0 Å². The van der Waals surface area contributed by atoms with E-state index in [2.05, 4.69) is 12.2 Å². The highest BCUT2D eigenvalue weighted by Crippen LogP contribution is 2.60. The summed E-state index contributed by atoms with van der Waals surface area (Å²) in [5.41, 5.74) is 0.180. The fourth-order valence-corrected chi connectivity index (χ4v) is 4.13. The minimum absolute atomic E-state index is 0.0180. The SMILES string of the molecule is C[C@]12C(=O)N(c3ccccc3)C(=O)[C@H]1[C@@H]1C=C[C@@H]2C1. The van der Waals surface area contributed by atoms with E-state index in [1.807, 2.05) is 37.3 Å². The molecule has 3 aliphatic rings. The molecule has 4 rings (SSSR count). The minimum Gasteiger partial charge on any atom is -0.274 e. The van der Waals surface area contributed by atoms with Crippen LogP contribution in [0.5, 0.6) is 0 Å². The molecule has 1 aromatic carbocycles. The lowest BCUT2D eigenvalue weighted by Crippen LogP contribution is -2.37. The van der Waals surface area contributed by atoms with Crippen LogP contribution in [0.4, 0.5) is 5.69 Å². The van der Waals surface area contributed by atoms with Gasteiger partial charge in [-0.1, -0.05) is 30.4 Å². The Kier molecular flexibility index (Phi) is 1.93. The third-order valence-electron chi connectivity index (χ3n) is 5.13. The molecule has 4 atom stereocenters. The second kappa shape index (κ2) is 3.35. The van der Waals surface area contributed by atoms with Gasteiger partial charge in [-0.05, 0) is 37.3 Å². The van der Waals surface area contributed by atoms with E-state index in [9.17, 15) is 9.59 Å². The highest BCUT2D eigenvalue weighted by molar-refractivity contribution is 6.24. The van der Waals surface area contributed by atoms with Crippen molar-refractivity contribution in [2.24, 2.45) is 23.2 Å². The van der Waals surface area contributed by atoms with E-state index in [1.165, 1.54) is 4.90 Å². The fraction of sp³-hybridized carbons (Fsp3) is 0.375. The van der Waals surface area contributed by atoms with E-state index < -0.39 is 5.41 Å². The predicted octanol–water partition coefficient (Wildman–Crippen LogP) is 2.39. The summed E-state index contributed by atoms with van der Waals surface area (Å²) in [6.07, 6.45) is 5.21. The lowest BCUT2D eigenvalue weighted by molar-refractivity contribution is -0.127. The van der Waals surface area contributed by atoms with E-state index in [1.54, 1.807) is 0 Å². The van der Waals surface area contributed by atoms with Crippen molar-refractivity contribution in [2.75, 3.05) is 4.90 Å². The van der Waals surface area contributed by atoms with Crippen LogP contribution in [-0.4, -0.2) is 11.8 Å². The molecule has 0 N–H and O–H groups in total. The zero-order chi connectivity index (χ0) is 13.2. The number of fused-ring (bicyclic) bond motifs is 5. The molecule has 1 aliphatic heterocycles. The van der Waals surface area contributed by atoms with Crippen LogP contribution >= 0.6 is 0 Å². The van der Waals surface area contributed by atoms with E-state index in [4.69, 9.17) is 0 Å². The number of imide groups is 1. The van der Waals surface area contributed by atoms with Gasteiger partial charge in [0.1, 0.15) is 0 Å². The number of nitrogens with zero attached hydrogens (tertiary/aromatic N) is 1. The molecule has 0 unspecified atom stereocenters. The van der Waals surface area contributed by atoms with Crippen molar-refractivity contribution in [3.63, 3.8) is 0 Å². The molecule has 3 nitrogen and oxygen atoms in total. The average Bonchev–Trinajstić information content (AvgIpc) is 3.04. The van der Waals surface area contributed by atoms with Crippen LogP contribution in [0, 0.1) is 23.2 Å². The number of anilines is 1. The molecule has 19 heavy (non-hydrogen) atoms. The van der Waals surface area contributed by atoms with Crippen LogP contribution in [0.3, 0.4) is 0 Å². The molecular weight excluding hydrogens is 238 g/mol. The van der Waals surface area contributed by atoms with Gasteiger partial charge in [0, 0.05) is 0 Å². The number of para-hydroxylation sites is 1. The van der Waals surface area contributed by atoms with Crippen LogP contribution in [0.2, 0.25) is 0 Å². The Morgan fingerprint density at radius 3 is 2.58 bits per heavy atom. The third kappa shape index (κ3) is 1.14. The Morgan fingerprint density at radius 1 is 1.16 bits per heavy atom. The number of hydrogen-bond acceptors (Lipinski definition) is 2. The first kappa shape index (κ1) is 11.0. The van der Waals surface area contributed by atoms with E-state index in [0.717, 1.165) is 6.42 Å². The van der Waals surface area contributed by atoms with Gasteiger partial charge in [0.2, 0.25) is 11.8 Å². The van der Waals surface area contributed by atoms with Gasteiger partial charge in [-0.2, -0.15) is 0 Å². The second-order valence-electron chi connectivity index (χ2n) is 5.97. The summed E-state index contributed by atoms with van der Waals surface area (Å²) in [6.45, 7) is 1.97. The highest BCUT2D eigenvalue weighted by Gasteiger charge is 2.67. The van der Waals surface area contributed by atoms with Crippen molar-refractivity contribution in [1.29, 1.82) is 0 Å². The number of allylic oxidation sites excluding steroid dienone is 2. The maximum Gasteiger partial charge on any atom is 0.241 e. The number of amides is 2. The smallest absolute Gasteiger partial charge is 0.241 e. The molecular formula is C16H15NO2. The van der Waals surface area contributed by atoms with Crippen LogP contribution in [0.1, 0.15) is 13.3 Å². The van der Waals surface area contributed by atoms with E-state index in [-0.39, 0.29) is 29.6 Å². The maximum atomic E-state index is 12.8. The van der Waals surface area contributed by atoms with Crippen molar-refractivity contribution in [2.45, 2.75) is 13.3 Å². The summed E-state index contributed by atoms with van der Waals surface area (Å²) in [5, 5.41) is 0. The molecule has 2 aliphatic carbocycles. The van der Waals surface area contributed by atoms with Gasteiger partial charge in [-0.15, -0.1) is 0 Å². The van der Waals surface area contributed by atoms with Gasteiger partial charge in [-0.25, -0.2) is 4.90 Å².